The van der Waals surface area contributed by atoms with Crippen molar-refractivity contribution in [2.75, 3.05) is 62.9 Å². The zero-order valence-corrected chi connectivity index (χ0v) is 17.8. The van der Waals surface area contributed by atoms with E-state index in [4.69, 9.17) is 9.47 Å². The summed E-state index contributed by atoms with van der Waals surface area (Å²) >= 11 is 1.38. The molecule has 2 N–H and O–H groups in total. The second-order valence-electron chi connectivity index (χ2n) is 7.83. The van der Waals surface area contributed by atoms with E-state index < -0.39 is 12.3 Å². The summed E-state index contributed by atoms with van der Waals surface area (Å²) in [6.07, 6.45) is 1.09. The molecule has 8 nitrogen and oxygen atoms in total. The van der Waals surface area contributed by atoms with Gasteiger partial charge in [0.2, 0.25) is 0 Å². The molecular weight excluding hydrogens is 411 g/mol. The van der Waals surface area contributed by atoms with Crippen LogP contribution in [-0.2, 0) is 4.74 Å². The summed E-state index contributed by atoms with van der Waals surface area (Å²) in [4.78, 5) is 21.2. The van der Waals surface area contributed by atoms with Crippen molar-refractivity contribution in [2.24, 2.45) is 0 Å². The smallest absolute Gasteiger partial charge is 0.323 e. The number of hydrogen-bond acceptors (Lipinski definition) is 7. The molecule has 0 aliphatic carbocycles. The van der Waals surface area contributed by atoms with Crippen molar-refractivity contribution in [2.45, 2.75) is 25.4 Å². The lowest BCUT2D eigenvalue weighted by Gasteiger charge is -2.35. The highest BCUT2D eigenvalue weighted by Gasteiger charge is 2.30. The van der Waals surface area contributed by atoms with Crippen LogP contribution in [0.2, 0.25) is 0 Å². The lowest BCUT2D eigenvalue weighted by Crippen LogP contribution is -2.46. The van der Waals surface area contributed by atoms with E-state index in [-0.39, 0.29) is 12.6 Å². The molecule has 4 rings (SSSR count). The second kappa shape index (κ2) is 8.91. The summed E-state index contributed by atoms with van der Waals surface area (Å²) in [6.45, 7) is 5.01. The molecule has 2 saturated heterocycles. The zero-order chi connectivity index (χ0) is 21.1. The lowest BCUT2D eigenvalue weighted by molar-refractivity contribution is 0.00570. The number of likely N-dealkylation sites (tertiary alicyclic amines) is 1. The standard InChI is InChI=1S/C20H27FN4O4S/c1-20(27)4-7-25(8-5-20)19(26)23-18-22-16-15(29-11-6-21)3-2-14(17(16)30-18)24-9-12-28-13-10-24/h2-3,27H,4-13H2,1H3,(H,22,23,26). The number of benzene rings is 1. The van der Waals surface area contributed by atoms with Crippen molar-refractivity contribution in [3.8, 4) is 5.75 Å². The van der Waals surface area contributed by atoms with Gasteiger partial charge in [0, 0.05) is 26.2 Å². The van der Waals surface area contributed by atoms with Gasteiger partial charge in [-0.2, -0.15) is 0 Å². The number of anilines is 2. The number of piperidine rings is 1. The molecule has 164 valence electrons. The lowest BCUT2D eigenvalue weighted by atomic mass is 9.94. The summed E-state index contributed by atoms with van der Waals surface area (Å²) in [5.41, 5.74) is 0.907. The van der Waals surface area contributed by atoms with E-state index in [9.17, 15) is 14.3 Å². The number of carbonyl (C=O) groups excluding carboxylic acids is 1. The van der Waals surface area contributed by atoms with Crippen LogP contribution in [0.15, 0.2) is 12.1 Å². The highest BCUT2D eigenvalue weighted by atomic mass is 32.1. The molecule has 0 saturated carbocycles. The molecule has 2 aromatic rings. The first kappa shape index (κ1) is 21.1. The number of carbonyl (C=O) groups is 1. The zero-order valence-electron chi connectivity index (χ0n) is 17.0. The fourth-order valence-electron chi connectivity index (χ4n) is 3.70. The Labute approximate surface area is 178 Å². The fourth-order valence-corrected chi connectivity index (χ4v) is 4.72. The average molecular weight is 439 g/mol. The Morgan fingerprint density at radius 2 is 2.07 bits per heavy atom. The molecule has 0 unspecified atom stereocenters. The summed E-state index contributed by atoms with van der Waals surface area (Å²) < 4.78 is 24.5. The van der Waals surface area contributed by atoms with Crippen molar-refractivity contribution in [3.63, 3.8) is 0 Å². The average Bonchev–Trinajstić information content (AvgIpc) is 3.16. The van der Waals surface area contributed by atoms with Crippen LogP contribution < -0.4 is 15.0 Å². The number of nitrogens with one attached hydrogen (secondary N) is 1. The van der Waals surface area contributed by atoms with Gasteiger partial charge in [0.15, 0.2) is 5.13 Å². The van der Waals surface area contributed by atoms with E-state index in [1.54, 1.807) is 17.9 Å². The summed E-state index contributed by atoms with van der Waals surface area (Å²) in [6, 6.07) is 3.53. The second-order valence-corrected chi connectivity index (χ2v) is 8.83. The maximum atomic E-state index is 12.7. The van der Waals surface area contributed by atoms with Gasteiger partial charge in [-0.3, -0.25) is 5.32 Å². The van der Waals surface area contributed by atoms with Crippen LogP contribution in [0.4, 0.5) is 20.0 Å². The first-order chi connectivity index (χ1) is 14.5. The van der Waals surface area contributed by atoms with Gasteiger partial charge in [0.05, 0.1) is 29.2 Å². The number of halogens is 1. The van der Waals surface area contributed by atoms with Crippen LogP contribution in [0.1, 0.15) is 19.8 Å². The number of alkyl halides is 1. The third-order valence-electron chi connectivity index (χ3n) is 5.51. The number of hydrogen-bond donors (Lipinski definition) is 2. The third-order valence-corrected chi connectivity index (χ3v) is 6.51. The molecule has 2 aliphatic rings. The van der Waals surface area contributed by atoms with Crippen molar-refractivity contribution < 1.29 is 23.8 Å². The van der Waals surface area contributed by atoms with Crippen molar-refractivity contribution in [3.05, 3.63) is 12.1 Å². The van der Waals surface area contributed by atoms with Crippen LogP contribution in [0, 0.1) is 0 Å². The predicted octanol–water partition coefficient (Wildman–Crippen LogP) is 2.86. The number of nitrogens with zero attached hydrogens (tertiary/aromatic N) is 3. The normalized spacial score (nSPS) is 19.2. The largest absolute Gasteiger partial charge is 0.489 e. The molecule has 0 radical (unpaired) electrons. The van der Waals surface area contributed by atoms with Crippen molar-refractivity contribution >= 4 is 38.4 Å². The van der Waals surface area contributed by atoms with E-state index >= 15 is 0 Å². The highest BCUT2D eigenvalue weighted by molar-refractivity contribution is 7.23. The molecule has 0 bridgehead atoms. The van der Waals surface area contributed by atoms with Gasteiger partial charge in [-0.05, 0) is 31.9 Å². The van der Waals surface area contributed by atoms with Crippen LogP contribution in [0.25, 0.3) is 10.2 Å². The topological polar surface area (TPSA) is 87.2 Å². The summed E-state index contributed by atoms with van der Waals surface area (Å²) in [5.74, 6) is 0.505. The minimum Gasteiger partial charge on any atom is -0.489 e. The van der Waals surface area contributed by atoms with Gasteiger partial charge >= 0.3 is 6.03 Å². The Hall–Kier alpha value is -2.17. The maximum Gasteiger partial charge on any atom is 0.323 e. The van der Waals surface area contributed by atoms with Gasteiger partial charge in [-0.1, -0.05) is 11.3 Å². The number of urea groups is 1. The fraction of sp³-hybridized carbons (Fsp3) is 0.600. The monoisotopic (exact) mass is 438 g/mol. The SMILES string of the molecule is CC1(O)CCN(C(=O)Nc2nc3c(OCCF)ccc(N4CCOCC4)c3s2)CC1. The Morgan fingerprint density at radius 1 is 1.33 bits per heavy atom. The molecule has 1 aromatic heterocycles. The van der Waals surface area contributed by atoms with Gasteiger partial charge in [-0.25, -0.2) is 14.2 Å². The molecule has 3 heterocycles. The van der Waals surface area contributed by atoms with E-state index in [0.29, 0.717) is 55.5 Å². The van der Waals surface area contributed by atoms with Crippen LogP contribution in [-0.4, -0.2) is 79.3 Å². The third kappa shape index (κ3) is 4.60. The molecule has 1 aromatic carbocycles. The Kier molecular flexibility index (Phi) is 6.26. The summed E-state index contributed by atoms with van der Waals surface area (Å²) in [7, 11) is 0. The minimum absolute atomic E-state index is 0.0427. The molecule has 2 fully saturated rings. The van der Waals surface area contributed by atoms with Gasteiger partial charge in [0.1, 0.15) is 24.5 Å². The van der Waals surface area contributed by atoms with E-state index in [1.165, 1.54) is 11.3 Å². The number of aromatic nitrogens is 1. The van der Waals surface area contributed by atoms with Gasteiger partial charge in [-0.15, -0.1) is 0 Å². The molecule has 2 aliphatic heterocycles. The molecule has 0 atom stereocenters. The Bertz CT molecular complexity index is 890. The molecule has 0 spiro atoms. The van der Waals surface area contributed by atoms with E-state index in [2.05, 4.69) is 15.2 Å². The van der Waals surface area contributed by atoms with Crippen molar-refractivity contribution in [1.82, 2.24) is 9.88 Å². The first-order valence-corrected chi connectivity index (χ1v) is 11.0. The minimum atomic E-state index is -0.720. The van der Waals surface area contributed by atoms with Gasteiger partial charge in [0.25, 0.3) is 0 Å². The van der Waals surface area contributed by atoms with E-state index in [0.717, 1.165) is 23.5 Å². The quantitative estimate of drug-likeness (QED) is 0.747. The highest BCUT2D eigenvalue weighted by Crippen LogP contribution is 2.40. The number of aliphatic hydroxyl groups is 1. The van der Waals surface area contributed by atoms with Crippen molar-refractivity contribution in [1.29, 1.82) is 0 Å². The predicted molar refractivity (Wildman–Crippen MR) is 115 cm³/mol. The Morgan fingerprint density at radius 3 is 2.77 bits per heavy atom. The van der Waals surface area contributed by atoms with Crippen LogP contribution >= 0.6 is 11.3 Å². The molecule has 30 heavy (non-hydrogen) atoms. The number of thiazole rings is 1. The number of rotatable bonds is 5. The molecular formula is C20H27FN4O4S. The number of ether oxygens (including phenoxy) is 2. The van der Waals surface area contributed by atoms with Gasteiger partial charge < -0.3 is 24.4 Å². The first-order valence-electron chi connectivity index (χ1n) is 10.2. The maximum absolute atomic E-state index is 12.7. The van der Waals surface area contributed by atoms with Crippen LogP contribution in [0.5, 0.6) is 5.75 Å². The molecule has 10 heteroatoms. The van der Waals surface area contributed by atoms with Crippen LogP contribution in [0.3, 0.4) is 0 Å². The number of morpholine rings is 1. The van der Waals surface area contributed by atoms with E-state index in [1.807, 2.05) is 6.07 Å². The molecule has 2 amide bonds. The Balaban J connectivity index is 1.58. The number of fused-ring (bicyclic) bond motifs is 1. The summed E-state index contributed by atoms with van der Waals surface area (Å²) in [5, 5.41) is 13.4. The number of amides is 2.